The standard InChI is InChI=1S/C16H16FN3O3S/c17-11-4-5-12(10(8-11)9-20-6-7-24-16(20)23)19-15(22)13-2-1-3-14(21)18-13/h4-8,13H,1-3,9H2,(H,18,21)(H,19,22)/t13-/m1/s1. The molecule has 1 atom stereocenters. The average Bonchev–Trinajstić information content (AvgIpc) is 2.95. The maximum atomic E-state index is 13.6. The average molecular weight is 349 g/mol. The predicted molar refractivity (Wildman–Crippen MR) is 88.5 cm³/mol. The first-order valence-corrected chi connectivity index (χ1v) is 8.43. The van der Waals surface area contributed by atoms with E-state index >= 15 is 0 Å². The number of carbonyl (C=O) groups excluding carboxylic acids is 2. The number of carbonyl (C=O) groups is 2. The molecule has 2 amide bonds. The number of halogens is 1. The van der Waals surface area contributed by atoms with E-state index in [0.29, 0.717) is 30.5 Å². The van der Waals surface area contributed by atoms with Crippen molar-refractivity contribution in [2.45, 2.75) is 31.8 Å². The van der Waals surface area contributed by atoms with E-state index in [4.69, 9.17) is 0 Å². The molecule has 1 aliphatic heterocycles. The number of hydrogen-bond acceptors (Lipinski definition) is 4. The van der Waals surface area contributed by atoms with Crippen molar-refractivity contribution in [3.8, 4) is 0 Å². The number of benzene rings is 1. The van der Waals surface area contributed by atoms with Crippen LogP contribution in [0.15, 0.2) is 34.6 Å². The van der Waals surface area contributed by atoms with Gasteiger partial charge in [-0.1, -0.05) is 11.3 Å². The van der Waals surface area contributed by atoms with Crippen LogP contribution in [0.3, 0.4) is 0 Å². The molecule has 6 nitrogen and oxygen atoms in total. The summed E-state index contributed by atoms with van der Waals surface area (Å²) in [6.45, 7) is 0.159. The number of amides is 2. The Hall–Kier alpha value is -2.48. The lowest BCUT2D eigenvalue weighted by Crippen LogP contribution is -2.46. The molecule has 2 heterocycles. The SMILES string of the molecule is O=C1CCC[C@H](C(=O)Nc2ccc(F)cc2Cn2ccsc2=O)N1. The van der Waals surface area contributed by atoms with Gasteiger partial charge in [-0.15, -0.1) is 0 Å². The van der Waals surface area contributed by atoms with E-state index in [9.17, 15) is 18.8 Å². The fourth-order valence-electron chi connectivity index (χ4n) is 2.63. The third-order valence-electron chi connectivity index (χ3n) is 3.86. The molecule has 0 bridgehead atoms. The summed E-state index contributed by atoms with van der Waals surface area (Å²) in [7, 11) is 0. The third-order valence-corrected chi connectivity index (χ3v) is 4.55. The molecule has 24 heavy (non-hydrogen) atoms. The molecule has 2 aromatic rings. The Labute approximate surface area is 141 Å². The van der Waals surface area contributed by atoms with Gasteiger partial charge in [-0.25, -0.2) is 4.39 Å². The summed E-state index contributed by atoms with van der Waals surface area (Å²) >= 11 is 1.05. The van der Waals surface area contributed by atoms with Gasteiger partial charge in [0.15, 0.2) is 0 Å². The second-order valence-electron chi connectivity index (χ2n) is 5.60. The summed E-state index contributed by atoms with van der Waals surface area (Å²) in [5.74, 6) is -0.934. The largest absolute Gasteiger partial charge is 0.344 e. The third kappa shape index (κ3) is 3.70. The van der Waals surface area contributed by atoms with Crippen LogP contribution in [0, 0.1) is 5.82 Å². The van der Waals surface area contributed by atoms with Gasteiger partial charge in [0.05, 0.1) is 6.54 Å². The zero-order chi connectivity index (χ0) is 17.1. The minimum absolute atomic E-state index is 0.148. The maximum Gasteiger partial charge on any atom is 0.307 e. The first-order chi connectivity index (χ1) is 11.5. The van der Waals surface area contributed by atoms with Gasteiger partial charge in [0.25, 0.3) is 0 Å². The van der Waals surface area contributed by atoms with Crippen molar-refractivity contribution in [2.24, 2.45) is 0 Å². The van der Waals surface area contributed by atoms with Crippen LogP contribution in [-0.2, 0) is 16.1 Å². The van der Waals surface area contributed by atoms with Crippen molar-refractivity contribution >= 4 is 28.8 Å². The lowest BCUT2D eigenvalue weighted by atomic mass is 10.0. The molecule has 126 valence electrons. The molecular formula is C16H16FN3O3S. The van der Waals surface area contributed by atoms with Crippen LogP contribution in [0.4, 0.5) is 10.1 Å². The Kier molecular flexibility index (Phi) is 4.75. The molecule has 2 N–H and O–H groups in total. The summed E-state index contributed by atoms with van der Waals surface area (Å²) in [6, 6.07) is 3.41. The van der Waals surface area contributed by atoms with Gasteiger partial charge in [-0.3, -0.25) is 14.4 Å². The second kappa shape index (κ2) is 6.96. The van der Waals surface area contributed by atoms with Crippen LogP contribution in [0.5, 0.6) is 0 Å². The molecule has 1 saturated heterocycles. The van der Waals surface area contributed by atoms with Crippen molar-refractivity contribution in [3.05, 3.63) is 50.8 Å². The van der Waals surface area contributed by atoms with Crippen molar-refractivity contribution in [3.63, 3.8) is 0 Å². The lowest BCUT2D eigenvalue weighted by molar-refractivity contribution is -0.128. The first-order valence-electron chi connectivity index (χ1n) is 7.55. The maximum absolute atomic E-state index is 13.6. The van der Waals surface area contributed by atoms with Gasteiger partial charge in [-0.2, -0.15) is 0 Å². The van der Waals surface area contributed by atoms with Gasteiger partial charge in [-0.05, 0) is 36.6 Å². The number of piperidine rings is 1. The van der Waals surface area contributed by atoms with E-state index in [-0.39, 0.29) is 23.2 Å². The number of nitrogens with one attached hydrogen (secondary N) is 2. The monoisotopic (exact) mass is 349 g/mol. The van der Waals surface area contributed by atoms with Crippen LogP contribution < -0.4 is 15.5 Å². The minimum atomic E-state index is -0.590. The van der Waals surface area contributed by atoms with E-state index < -0.39 is 11.9 Å². The van der Waals surface area contributed by atoms with Crippen LogP contribution in [0.25, 0.3) is 0 Å². The van der Waals surface area contributed by atoms with E-state index in [1.54, 1.807) is 11.6 Å². The van der Waals surface area contributed by atoms with Gasteiger partial charge in [0.2, 0.25) is 11.8 Å². The van der Waals surface area contributed by atoms with E-state index in [0.717, 1.165) is 11.3 Å². The van der Waals surface area contributed by atoms with Crippen molar-refractivity contribution in [1.82, 2.24) is 9.88 Å². The normalized spacial score (nSPS) is 17.4. The molecule has 0 spiro atoms. The Bertz CT molecular complexity index is 830. The zero-order valence-electron chi connectivity index (χ0n) is 12.8. The number of rotatable bonds is 4. The zero-order valence-corrected chi connectivity index (χ0v) is 13.6. The van der Waals surface area contributed by atoms with Gasteiger partial charge < -0.3 is 15.2 Å². The molecule has 8 heteroatoms. The Morgan fingerprint density at radius 2 is 2.25 bits per heavy atom. The first kappa shape index (κ1) is 16.4. The highest BCUT2D eigenvalue weighted by atomic mass is 32.1. The molecule has 3 rings (SSSR count). The van der Waals surface area contributed by atoms with Crippen LogP contribution in [0.1, 0.15) is 24.8 Å². The van der Waals surface area contributed by atoms with E-state index in [1.165, 1.54) is 22.8 Å². The summed E-state index contributed by atoms with van der Waals surface area (Å²) in [5, 5.41) is 7.02. The Morgan fingerprint density at radius 1 is 1.42 bits per heavy atom. The summed E-state index contributed by atoms with van der Waals surface area (Å²) in [6.07, 6.45) is 3.26. The smallest absolute Gasteiger partial charge is 0.307 e. The van der Waals surface area contributed by atoms with Gasteiger partial charge in [0, 0.05) is 23.7 Å². The number of anilines is 1. The minimum Gasteiger partial charge on any atom is -0.344 e. The van der Waals surface area contributed by atoms with Gasteiger partial charge >= 0.3 is 4.87 Å². The molecule has 0 unspecified atom stereocenters. The van der Waals surface area contributed by atoms with Crippen LogP contribution >= 0.6 is 11.3 Å². The molecule has 1 fully saturated rings. The number of nitrogens with zero attached hydrogens (tertiary/aromatic N) is 1. The van der Waals surface area contributed by atoms with Crippen LogP contribution in [0.2, 0.25) is 0 Å². The quantitative estimate of drug-likeness (QED) is 0.882. The highest BCUT2D eigenvalue weighted by Crippen LogP contribution is 2.19. The highest BCUT2D eigenvalue weighted by molar-refractivity contribution is 7.07. The summed E-state index contributed by atoms with van der Waals surface area (Å²) in [5.41, 5.74) is 0.922. The molecular weight excluding hydrogens is 333 g/mol. The Morgan fingerprint density at radius 3 is 2.96 bits per heavy atom. The van der Waals surface area contributed by atoms with Crippen molar-refractivity contribution in [2.75, 3.05) is 5.32 Å². The summed E-state index contributed by atoms with van der Waals surface area (Å²) < 4.78 is 15.0. The van der Waals surface area contributed by atoms with Crippen molar-refractivity contribution < 1.29 is 14.0 Å². The van der Waals surface area contributed by atoms with E-state index in [2.05, 4.69) is 10.6 Å². The fraction of sp³-hybridized carbons (Fsp3) is 0.312. The molecule has 0 radical (unpaired) electrons. The van der Waals surface area contributed by atoms with E-state index in [1.807, 2.05) is 0 Å². The highest BCUT2D eigenvalue weighted by Gasteiger charge is 2.25. The van der Waals surface area contributed by atoms with Crippen LogP contribution in [-0.4, -0.2) is 22.4 Å². The number of thiazole rings is 1. The topological polar surface area (TPSA) is 80.2 Å². The lowest BCUT2D eigenvalue weighted by Gasteiger charge is -2.23. The fourth-order valence-corrected chi connectivity index (χ4v) is 3.21. The van der Waals surface area contributed by atoms with Crippen molar-refractivity contribution in [1.29, 1.82) is 0 Å². The van der Waals surface area contributed by atoms with Gasteiger partial charge in [0.1, 0.15) is 11.9 Å². The molecule has 1 aliphatic rings. The molecule has 0 saturated carbocycles. The number of aromatic nitrogens is 1. The predicted octanol–water partition coefficient (Wildman–Crippen LogP) is 1.70. The molecule has 1 aromatic carbocycles. The number of hydrogen-bond donors (Lipinski definition) is 2. The Balaban J connectivity index is 1.80. The summed E-state index contributed by atoms with van der Waals surface area (Å²) in [4.78, 5) is 35.3. The molecule has 0 aliphatic carbocycles. The second-order valence-corrected chi connectivity index (χ2v) is 6.46. The molecule has 1 aromatic heterocycles.